The van der Waals surface area contributed by atoms with E-state index in [2.05, 4.69) is 31.4 Å². The van der Waals surface area contributed by atoms with E-state index in [-0.39, 0.29) is 23.7 Å². The van der Waals surface area contributed by atoms with E-state index in [1.165, 1.54) is 0 Å². The van der Waals surface area contributed by atoms with Gasteiger partial charge in [0.1, 0.15) is 5.60 Å². The zero-order chi connectivity index (χ0) is 14.4. The van der Waals surface area contributed by atoms with Gasteiger partial charge >= 0.3 is 0 Å². The lowest BCUT2D eigenvalue weighted by molar-refractivity contribution is -0.147. The average Bonchev–Trinajstić information content (AvgIpc) is 2.49. The third kappa shape index (κ3) is 4.34. The predicted octanol–water partition coefficient (Wildman–Crippen LogP) is 2.51. The topological polar surface area (TPSA) is 50.4 Å². The number of hydrogen-bond acceptors (Lipinski definition) is 3. The maximum absolute atomic E-state index is 12.5. The van der Waals surface area contributed by atoms with Gasteiger partial charge in [0.25, 0.3) is 5.91 Å². The molecule has 2 N–H and O–H groups in total. The fourth-order valence-electron chi connectivity index (χ4n) is 2.91. The summed E-state index contributed by atoms with van der Waals surface area (Å²) in [5.41, 5.74) is -0.385. The van der Waals surface area contributed by atoms with Gasteiger partial charge in [0.2, 0.25) is 0 Å². The van der Waals surface area contributed by atoms with Crippen LogP contribution in [0.5, 0.6) is 0 Å². The normalized spacial score (nSPS) is 18.2. The number of rotatable bonds is 7. The molecule has 4 nitrogen and oxygen atoms in total. The van der Waals surface area contributed by atoms with Crippen LogP contribution in [0.25, 0.3) is 0 Å². The van der Waals surface area contributed by atoms with Crippen molar-refractivity contribution < 1.29 is 9.53 Å². The molecule has 1 aliphatic rings. The molecule has 0 radical (unpaired) electrons. The van der Waals surface area contributed by atoms with E-state index in [9.17, 15) is 4.79 Å². The van der Waals surface area contributed by atoms with E-state index < -0.39 is 5.60 Å². The summed E-state index contributed by atoms with van der Waals surface area (Å²) in [4.78, 5) is 12.5. The second kappa shape index (κ2) is 8.85. The lowest BCUT2D eigenvalue weighted by Gasteiger charge is -2.37. The van der Waals surface area contributed by atoms with Crippen LogP contribution in [0.4, 0.5) is 0 Å². The smallest absolute Gasteiger partial charge is 0.252 e. The highest BCUT2D eigenvalue weighted by atomic mass is 35.5. The standard InChI is InChI=1S/C15H30N2O2.ClH/c1-5-14(6-2,7-3)12-17-13(18)15(19-4)8-10-16-11-9-15;/h16H,5-12H2,1-4H3,(H,17,18);1H. The molecule has 1 saturated heterocycles. The minimum atomic E-state index is -0.619. The Bertz CT molecular complexity index is 279. The Labute approximate surface area is 129 Å². The fourth-order valence-corrected chi connectivity index (χ4v) is 2.91. The number of piperidine rings is 1. The minimum absolute atomic E-state index is 0. The predicted molar refractivity (Wildman–Crippen MR) is 85.4 cm³/mol. The summed E-state index contributed by atoms with van der Waals surface area (Å²) in [6.45, 7) is 9.07. The first-order chi connectivity index (χ1) is 9.08. The molecule has 20 heavy (non-hydrogen) atoms. The second-order valence-corrected chi connectivity index (χ2v) is 5.69. The first-order valence-corrected chi connectivity index (χ1v) is 7.62. The monoisotopic (exact) mass is 306 g/mol. The van der Waals surface area contributed by atoms with Crippen LogP contribution in [-0.2, 0) is 9.53 Å². The van der Waals surface area contributed by atoms with Gasteiger partial charge in [-0.15, -0.1) is 12.4 Å². The molecule has 0 atom stereocenters. The summed E-state index contributed by atoms with van der Waals surface area (Å²) in [7, 11) is 1.65. The van der Waals surface area contributed by atoms with Gasteiger partial charge in [-0.25, -0.2) is 0 Å². The highest BCUT2D eigenvalue weighted by Crippen LogP contribution is 2.30. The van der Waals surface area contributed by atoms with Crippen molar-refractivity contribution >= 4 is 18.3 Å². The summed E-state index contributed by atoms with van der Waals surface area (Å²) in [5, 5.41) is 6.42. The molecule has 1 amide bonds. The lowest BCUT2D eigenvalue weighted by atomic mass is 9.79. The van der Waals surface area contributed by atoms with Crippen molar-refractivity contribution in [3.63, 3.8) is 0 Å². The number of carbonyl (C=O) groups is 1. The lowest BCUT2D eigenvalue weighted by Crippen LogP contribution is -2.55. The molecule has 0 saturated carbocycles. The molecule has 5 heteroatoms. The van der Waals surface area contributed by atoms with Gasteiger partial charge < -0.3 is 15.4 Å². The molecular formula is C15H31ClN2O2. The van der Waals surface area contributed by atoms with Crippen molar-refractivity contribution in [2.75, 3.05) is 26.7 Å². The summed E-state index contributed by atoms with van der Waals surface area (Å²) >= 11 is 0. The molecule has 0 bridgehead atoms. The molecule has 1 fully saturated rings. The molecule has 1 rings (SSSR count). The number of amides is 1. The Morgan fingerprint density at radius 2 is 1.70 bits per heavy atom. The molecule has 0 aromatic heterocycles. The van der Waals surface area contributed by atoms with Gasteiger partial charge in [-0.2, -0.15) is 0 Å². The SMILES string of the molecule is CCC(CC)(CC)CNC(=O)C1(OC)CCNCC1.Cl. The van der Waals surface area contributed by atoms with Crippen molar-refractivity contribution in [2.24, 2.45) is 5.41 Å². The van der Waals surface area contributed by atoms with Crippen LogP contribution in [0.1, 0.15) is 52.9 Å². The van der Waals surface area contributed by atoms with Crippen molar-refractivity contribution in [1.82, 2.24) is 10.6 Å². The third-order valence-electron chi connectivity index (χ3n) is 5.09. The van der Waals surface area contributed by atoms with E-state index in [1.54, 1.807) is 7.11 Å². The van der Waals surface area contributed by atoms with Crippen LogP contribution in [0.2, 0.25) is 0 Å². The van der Waals surface area contributed by atoms with Crippen molar-refractivity contribution in [2.45, 2.75) is 58.5 Å². The van der Waals surface area contributed by atoms with E-state index in [0.29, 0.717) is 0 Å². The average molecular weight is 307 g/mol. The summed E-state index contributed by atoms with van der Waals surface area (Å²) in [6.07, 6.45) is 4.81. The molecule has 120 valence electrons. The fraction of sp³-hybridized carbons (Fsp3) is 0.933. The van der Waals surface area contributed by atoms with Gasteiger partial charge in [-0.3, -0.25) is 4.79 Å². The summed E-state index contributed by atoms with van der Waals surface area (Å²) in [5.74, 6) is 0.0659. The zero-order valence-corrected chi connectivity index (χ0v) is 14.2. The van der Waals surface area contributed by atoms with Crippen LogP contribution >= 0.6 is 12.4 Å². The number of ether oxygens (including phenoxy) is 1. The maximum atomic E-state index is 12.5. The number of halogens is 1. The largest absolute Gasteiger partial charge is 0.368 e. The Morgan fingerprint density at radius 3 is 2.10 bits per heavy atom. The molecule has 0 spiro atoms. The zero-order valence-electron chi connectivity index (χ0n) is 13.4. The summed E-state index contributed by atoms with van der Waals surface area (Å²) < 4.78 is 5.55. The van der Waals surface area contributed by atoms with Crippen molar-refractivity contribution in [3.05, 3.63) is 0 Å². The third-order valence-corrected chi connectivity index (χ3v) is 5.09. The van der Waals surface area contributed by atoms with Crippen LogP contribution in [0.3, 0.4) is 0 Å². The number of carbonyl (C=O) groups excluding carboxylic acids is 1. The Balaban J connectivity index is 0.00000361. The van der Waals surface area contributed by atoms with E-state index in [4.69, 9.17) is 4.74 Å². The van der Waals surface area contributed by atoms with Crippen LogP contribution in [0, 0.1) is 5.41 Å². The molecule has 0 aromatic rings. The molecule has 1 aliphatic heterocycles. The Kier molecular flexibility index (Phi) is 8.71. The first kappa shape index (κ1) is 19.7. The van der Waals surface area contributed by atoms with Gasteiger partial charge in [0.15, 0.2) is 0 Å². The molecule has 0 aliphatic carbocycles. The van der Waals surface area contributed by atoms with Gasteiger partial charge in [0.05, 0.1) is 0 Å². The quantitative estimate of drug-likeness (QED) is 0.760. The van der Waals surface area contributed by atoms with Gasteiger partial charge in [0, 0.05) is 13.7 Å². The second-order valence-electron chi connectivity index (χ2n) is 5.69. The van der Waals surface area contributed by atoms with Crippen LogP contribution < -0.4 is 10.6 Å². The van der Waals surface area contributed by atoms with E-state index in [1.807, 2.05) is 0 Å². The highest BCUT2D eigenvalue weighted by molar-refractivity contribution is 5.85. The van der Waals surface area contributed by atoms with Crippen LogP contribution in [-0.4, -0.2) is 38.3 Å². The Hall–Kier alpha value is -0.320. The van der Waals surface area contributed by atoms with Crippen LogP contribution in [0.15, 0.2) is 0 Å². The van der Waals surface area contributed by atoms with E-state index in [0.717, 1.165) is 51.7 Å². The number of methoxy groups -OCH3 is 1. The number of hydrogen-bond donors (Lipinski definition) is 2. The minimum Gasteiger partial charge on any atom is -0.368 e. The van der Waals surface area contributed by atoms with Gasteiger partial charge in [-0.1, -0.05) is 20.8 Å². The molecule has 1 heterocycles. The number of nitrogens with one attached hydrogen (secondary N) is 2. The first-order valence-electron chi connectivity index (χ1n) is 7.62. The van der Waals surface area contributed by atoms with E-state index >= 15 is 0 Å². The summed E-state index contributed by atoms with van der Waals surface area (Å²) in [6, 6.07) is 0. The maximum Gasteiger partial charge on any atom is 0.252 e. The van der Waals surface area contributed by atoms with Gasteiger partial charge in [-0.05, 0) is 50.6 Å². The highest BCUT2D eigenvalue weighted by Gasteiger charge is 2.40. The molecule has 0 aromatic carbocycles. The molecular weight excluding hydrogens is 276 g/mol. The van der Waals surface area contributed by atoms with Crippen molar-refractivity contribution in [1.29, 1.82) is 0 Å². The molecule has 0 unspecified atom stereocenters. The van der Waals surface area contributed by atoms with Crippen molar-refractivity contribution in [3.8, 4) is 0 Å². The Morgan fingerprint density at radius 1 is 1.20 bits per heavy atom.